The minimum atomic E-state index is -0.253. The summed E-state index contributed by atoms with van der Waals surface area (Å²) in [5.74, 6) is -1.01. The normalized spacial score (nSPS) is 21.5. The summed E-state index contributed by atoms with van der Waals surface area (Å²) in [6, 6.07) is 3.77. The van der Waals surface area contributed by atoms with Crippen LogP contribution < -0.4 is 5.32 Å². The molecule has 0 bridgehead atoms. The lowest BCUT2D eigenvalue weighted by molar-refractivity contribution is -0.140. The molecule has 1 aromatic rings. The molecule has 5 nitrogen and oxygen atoms in total. The third-order valence-electron chi connectivity index (χ3n) is 5.50. The predicted octanol–water partition coefficient (Wildman–Crippen LogP) is 3.74. The Hall–Kier alpha value is -2.14. The van der Waals surface area contributed by atoms with Gasteiger partial charge in [0.1, 0.15) is 0 Å². The number of benzene rings is 1. The van der Waals surface area contributed by atoms with Gasteiger partial charge in [-0.2, -0.15) is 0 Å². The molecule has 2 aliphatic rings. The summed E-state index contributed by atoms with van der Waals surface area (Å²) in [6.45, 7) is 4.14. The van der Waals surface area contributed by atoms with Crippen molar-refractivity contribution < 1.29 is 14.4 Å². The Morgan fingerprint density at radius 2 is 1.74 bits per heavy atom. The van der Waals surface area contributed by atoms with Crippen molar-refractivity contribution in [2.75, 3.05) is 11.9 Å². The highest BCUT2D eigenvalue weighted by atomic mass is 35.5. The van der Waals surface area contributed by atoms with Crippen LogP contribution in [-0.4, -0.2) is 29.2 Å². The van der Waals surface area contributed by atoms with Crippen molar-refractivity contribution in [3.8, 4) is 0 Å². The molecule has 1 aliphatic carbocycles. The van der Waals surface area contributed by atoms with E-state index in [1.165, 1.54) is 4.90 Å². The molecule has 6 heteroatoms. The number of aryl methyl sites for hydroxylation is 1. The van der Waals surface area contributed by atoms with Gasteiger partial charge in [-0.05, 0) is 42.9 Å². The summed E-state index contributed by atoms with van der Waals surface area (Å²) in [5, 5.41) is 3.58. The molecule has 1 aromatic carbocycles. The molecule has 1 saturated heterocycles. The third-order valence-corrected chi connectivity index (χ3v) is 5.86. The van der Waals surface area contributed by atoms with Gasteiger partial charge < -0.3 is 5.32 Å². The van der Waals surface area contributed by atoms with Crippen LogP contribution in [0.2, 0.25) is 5.02 Å². The van der Waals surface area contributed by atoms with Crippen LogP contribution in [0.5, 0.6) is 0 Å². The quantitative estimate of drug-likeness (QED) is 0.596. The average Bonchev–Trinajstić information content (AvgIpc) is 2.91. The number of carbonyl (C=O) groups is 3. The second-order valence-electron chi connectivity index (χ2n) is 7.05. The van der Waals surface area contributed by atoms with Crippen LogP contribution in [0.1, 0.15) is 44.2 Å². The molecule has 1 heterocycles. The number of hydrogen-bond donors (Lipinski definition) is 1. The van der Waals surface area contributed by atoms with Crippen molar-refractivity contribution in [2.45, 2.75) is 46.0 Å². The molecular weight excluding hydrogens is 364 g/mol. The molecule has 1 fully saturated rings. The molecule has 144 valence electrons. The van der Waals surface area contributed by atoms with Crippen LogP contribution in [0, 0.1) is 11.8 Å². The molecule has 0 saturated carbocycles. The topological polar surface area (TPSA) is 66.5 Å². The van der Waals surface area contributed by atoms with Crippen molar-refractivity contribution in [2.24, 2.45) is 11.8 Å². The Balaban J connectivity index is 1.67. The van der Waals surface area contributed by atoms with E-state index in [9.17, 15) is 14.4 Å². The largest absolute Gasteiger partial charge is 0.325 e. The number of nitrogens with one attached hydrogen (secondary N) is 1. The van der Waals surface area contributed by atoms with Gasteiger partial charge in [0.05, 0.1) is 11.8 Å². The van der Waals surface area contributed by atoms with Crippen molar-refractivity contribution in [1.82, 2.24) is 4.90 Å². The molecular formula is C21H25ClN2O3. The maximum Gasteiger partial charge on any atom is 0.233 e. The number of rotatable bonds is 6. The number of halogens is 1. The number of carbonyl (C=O) groups excluding carboxylic acids is 3. The summed E-state index contributed by atoms with van der Waals surface area (Å²) in [7, 11) is 0. The molecule has 0 unspecified atom stereocenters. The van der Waals surface area contributed by atoms with E-state index in [1.54, 1.807) is 0 Å². The summed E-state index contributed by atoms with van der Waals surface area (Å²) in [5.41, 5.74) is 2.69. The van der Waals surface area contributed by atoms with Gasteiger partial charge in [-0.3, -0.25) is 19.3 Å². The highest BCUT2D eigenvalue weighted by Crippen LogP contribution is 2.35. The van der Waals surface area contributed by atoms with Crippen LogP contribution in [-0.2, 0) is 27.2 Å². The lowest BCUT2D eigenvalue weighted by atomic mass is 9.85. The lowest BCUT2D eigenvalue weighted by Gasteiger charge is -2.18. The zero-order valence-corrected chi connectivity index (χ0v) is 16.5. The monoisotopic (exact) mass is 388 g/mol. The van der Waals surface area contributed by atoms with E-state index in [-0.39, 0.29) is 42.5 Å². The maximum absolute atomic E-state index is 12.5. The first kappa shape index (κ1) is 19.6. The third kappa shape index (κ3) is 3.79. The van der Waals surface area contributed by atoms with E-state index in [0.717, 1.165) is 23.2 Å². The van der Waals surface area contributed by atoms with E-state index in [0.29, 0.717) is 24.3 Å². The summed E-state index contributed by atoms with van der Waals surface area (Å²) < 4.78 is 0. The molecule has 27 heavy (non-hydrogen) atoms. The zero-order chi connectivity index (χ0) is 19.6. The minimum Gasteiger partial charge on any atom is -0.325 e. The van der Waals surface area contributed by atoms with E-state index in [2.05, 4.69) is 5.32 Å². The number of imide groups is 1. The highest BCUT2D eigenvalue weighted by Gasteiger charge is 2.46. The van der Waals surface area contributed by atoms with E-state index in [4.69, 9.17) is 11.6 Å². The Kier molecular flexibility index (Phi) is 6.00. The van der Waals surface area contributed by atoms with Crippen molar-refractivity contribution in [3.63, 3.8) is 0 Å². The maximum atomic E-state index is 12.5. The highest BCUT2D eigenvalue weighted by molar-refractivity contribution is 6.32. The second kappa shape index (κ2) is 8.26. The van der Waals surface area contributed by atoms with Crippen LogP contribution in [0.15, 0.2) is 24.3 Å². The standard InChI is InChI=1S/C21H25ClN2O3/c1-3-13-9-10-17(22)14(4-2)19(13)23-18(25)11-12-24-20(26)15-7-5-6-8-16(15)21(24)27/h5-6,9-10,15-16H,3-4,7-8,11-12H2,1-2H3,(H,23,25)/t15-,16+. The van der Waals surface area contributed by atoms with E-state index < -0.39 is 0 Å². The number of nitrogens with zero attached hydrogens (tertiary/aromatic N) is 1. The van der Waals surface area contributed by atoms with Crippen LogP contribution in [0.3, 0.4) is 0 Å². The van der Waals surface area contributed by atoms with Gasteiger partial charge in [-0.15, -0.1) is 0 Å². The predicted molar refractivity (Wildman–Crippen MR) is 106 cm³/mol. The molecule has 2 atom stereocenters. The molecule has 1 aliphatic heterocycles. The molecule has 1 N–H and O–H groups in total. The molecule has 0 radical (unpaired) electrons. The van der Waals surface area contributed by atoms with Crippen LogP contribution in [0.4, 0.5) is 5.69 Å². The van der Waals surface area contributed by atoms with E-state index >= 15 is 0 Å². The SMILES string of the molecule is CCc1ccc(Cl)c(CC)c1NC(=O)CCN1C(=O)[C@H]2CC=CC[C@H]2C1=O. The van der Waals surface area contributed by atoms with Gasteiger partial charge in [0.25, 0.3) is 0 Å². The fourth-order valence-electron chi connectivity index (χ4n) is 3.97. The summed E-state index contributed by atoms with van der Waals surface area (Å²) >= 11 is 6.28. The average molecular weight is 389 g/mol. The zero-order valence-electron chi connectivity index (χ0n) is 15.8. The number of anilines is 1. The van der Waals surface area contributed by atoms with Crippen molar-refractivity contribution in [1.29, 1.82) is 0 Å². The molecule has 0 aromatic heterocycles. The Labute approximate surface area is 164 Å². The number of hydrogen-bond acceptors (Lipinski definition) is 3. The number of amides is 3. The Bertz CT molecular complexity index is 777. The van der Waals surface area contributed by atoms with Crippen molar-refractivity contribution in [3.05, 3.63) is 40.4 Å². The van der Waals surface area contributed by atoms with E-state index in [1.807, 2.05) is 38.1 Å². The number of fused-ring (bicyclic) bond motifs is 1. The Morgan fingerprint density at radius 3 is 2.30 bits per heavy atom. The second-order valence-corrected chi connectivity index (χ2v) is 7.46. The fraction of sp³-hybridized carbons (Fsp3) is 0.476. The first-order chi connectivity index (χ1) is 13.0. The lowest BCUT2D eigenvalue weighted by Crippen LogP contribution is -2.34. The molecule has 0 spiro atoms. The number of likely N-dealkylation sites (tertiary alicyclic amines) is 1. The minimum absolute atomic E-state index is 0.0865. The first-order valence-corrected chi connectivity index (χ1v) is 9.96. The molecule has 3 amide bonds. The van der Waals surface area contributed by atoms with Crippen molar-refractivity contribution >= 4 is 35.0 Å². The summed E-state index contributed by atoms with van der Waals surface area (Å²) in [4.78, 5) is 38.8. The molecule has 3 rings (SSSR count). The van der Waals surface area contributed by atoms with Gasteiger partial charge in [0.15, 0.2) is 0 Å². The van der Waals surface area contributed by atoms with Gasteiger partial charge >= 0.3 is 0 Å². The summed E-state index contributed by atoms with van der Waals surface area (Å²) in [6.07, 6.45) is 6.71. The number of allylic oxidation sites excluding steroid dienone is 2. The van der Waals surface area contributed by atoms with Crippen LogP contribution in [0.25, 0.3) is 0 Å². The Morgan fingerprint density at radius 1 is 1.11 bits per heavy atom. The van der Waals surface area contributed by atoms with Gasteiger partial charge in [-0.25, -0.2) is 0 Å². The smallest absolute Gasteiger partial charge is 0.233 e. The van der Waals surface area contributed by atoms with Gasteiger partial charge in [-0.1, -0.05) is 43.7 Å². The van der Waals surface area contributed by atoms with Gasteiger partial charge in [0, 0.05) is 23.7 Å². The first-order valence-electron chi connectivity index (χ1n) is 9.58. The van der Waals surface area contributed by atoms with Gasteiger partial charge in [0.2, 0.25) is 17.7 Å². The fourth-order valence-corrected chi connectivity index (χ4v) is 4.26. The van der Waals surface area contributed by atoms with Crippen LogP contribution >= 0.6 is 11.6 Å².